The van der Waals surface area contributed by atoms with Crippen LogP contribution in [-0.4, -0.2) is 25.7 Å². The molecule has 0 spiro atoms. The predicted molar refractivity (Wildman–Crippen MR) is 93.4 cm³/mol. The summed E-state index contributed by atoms with van der Waals surface area (Å²) < 4.78 is 1.43. The van der Waals surface area contributed by atoms with Crippen molar-refractivity contribution < 1.29 is 4.79 Å². The molecule has 0 saturated heterocycles. The van der Waals surface area contributed by atoms with E-state index in [0.717, 1.165) is 5.01 Å². The van der Waals surface area contributed by atoms with Crippen molar-refractivity contribution >= 4 is 33.4 Å². The first-order chi connectivity index (χ1) is 11.5. The molecule has 1 amide bonds. The van der Waals surface area contributed by atoms with Crippen LogP contribution in [0.2, 0.25) is 0 Å². The largest absolute Gasteiger partial charge is 0.299 e. The van der Waals surface area contributed by atoms with E-state index in [1.165, 1.54) is 15.9 Å². The van der Waals surface area contributed by atoms with E-state index in [4.69, 9.17) is 0 Å². The Morgan fingerprint density at radius 1 is 1.29 bits per heavy atom. The molecule has 3 rings (SSSR count). The van der Waals surface area contributed by atoms with Crippen LogP contribution in [0.4, 0.5) is 5.13 Å². The van der Waals surface area contributed by atoms with Crippen LogP contribution in [0.15, 0.2) is 29.1 Å². The number of anilines is 1. The molecule has 0 aliphatic rings. The van der Waals surface area contributed by atoms with E-state index < -0.39 is 0 Å². The molecular formula is C16H17N5O2S. The lowest BCUT2D eigenvalue weighted by atomic mass is 10.2. The second kappa shape index (κ2) is 6.48. The van der Waals surface area contributed by atoms with Crippen molar-refractivity contribution in [3.8, 4) is 0 Å². The van der Waals surface area contributed by atoms with Gasteiger partial charge in [0.05, 0.1) is 11.0 Å². The van der Waals surface area contributed by atoms with Gasteiger partial charge in [-0.2, -0.15) is 0 Å². The molecule has 2 aromatic heterocycles. The van der Waals surface area contributed by atoms with Gasteiger partial charge in [-0.25, -0.2) is 4.98 Å². The third kappa shape index (κ3) is 3.18. The van der Waals surface area contributed by atoms with Crippen molar-refractivity contribution in [2.45, 2.75) is 33.2 Å². The molecular weight excluding hydrogens is 326 g/mol. The summed E-state index contributed by atoms with van der Waals surface area (Å²) in [5, 5.41) is 12.0. The number of amides is 1. The maximum atomic E-state index is 12.4. The third-order valence-corrected chi connectivity index (χ3v) is 4.64. The molecule has 124 valence electrons. The van der Waals surface area contributed by atoms with E-state index in [-0.39, 0.29) is 23.9 Å². The standard InChI is InChI=1S/C16H17N5O2S/c1-9(2)14-19-20-16(24-14)18-13(22)8-21-12-7-5-4-6-11(12)17-10(3)15(21)23/h4-7,9H,8H2,1-3H3,(H,18,20,22). The molecule has 0 aliphatic carbocycles. The Kier molecular flexibility index (Phi) is 4.39. The van der Waals surface area contributed by atoms with Gasteiger partial charge in [-0.3, -0.25) is 19.5 Å². The number of nitrogens with one attached hydrogen (secondary N) is 1. The number of nitrogens with zero attached hydrogens (tertiary/aromatic N) is 4. The summed E-state index contributed by atoms with van der Waals surface area (Å²) in [5.74, 6) is -0.0677. The van der Waals surface area contributed by atoms with Crippen molar-refractivity contribution in [1.82, 2.24) is 19.7 Å². The Bertz CT molecular complexity index is 961. The highest BCUT2D eigenvalue weighted by Gasteiger charge is 2.14. The first kappa shape index (κ1) is 16.3. The van der Waals surface area contributed by atoms with Crippen LogP contribution < -0.4 is 10.9 Å². The highest BCUT2D eigenvalue weighted by molar-refractivity contribution is 7.15. The number of hydrogen-bond acceptors (Lipinski definition) is 6. The smallest absolute Gasteiger partial charge is 0.272 e. The van der Waals surface area contributed by atoms with Gasteiger partial charge in [0, 0.05) is 5.92 Å². The van der Waals surface area contributed by atoms with E-state index in [1.54, 1.807) is 13.0 Å². The number of aryl methyl sites for hydroxylation is 1. The second-order valence-electron chi connectivity index (χ2n) is 5.73. The highest BCUT2D eigenvalue weighted by Crippen LogP contribution is 2.22. The molecule has 0 unspecified atom stereocenters. The molecule has 0 radical (unpaired) electrons. The summed E-state index contributed by atoms with van der Waals surface area (Å²) in [7, 11) is 0. The topological polar surface area (TPSA) is 89.8 Å². The fraction of sp³-hybridized carbons (Fsp3) is 0.312. The monoisotopic (exact) mass is 343 g/mol. The summed E-state index contributed by atoms with van der Waals surface area (Å²) in [6.07, 6.45) is 0. The Hall–Kier alpha value is -2.61. The zero-order valence-corrected chi connectivity index (χ0v) is 14.4. The molecule has 7 nitrogen and oxygen atoms in total. The van der Waals surface area contributed by atoms with Gasteiger partial charge >= 0.3 is 0 Å². The van der Waals surface area contributed by atoms with Gasteiger partial charge in [0.25, 0.3) is 5.56 Å². The SMILES string of the molecule is Cc1nc2ccccc2n(CC(=O)Nc2nnc(C(C)C)s2)c1=O. The zero-order valence-electron chi connectivity index (χ0n) is 13.6. The number of rotatable bonds is 4. The lowest BCUT2D eigenvalue weighted by Crippen LogP contribution is -2.30. The Morgan fingerprint density at radius 2 is 2.04 bits per heavy atom. The maximum Gasteiger partial charge on any atom is 0.272 e. The second-order valence-corrected chi connectivity index (χ2v) is 6.73. The quantitative estimate of drug-likeness (QED) is 0.785. The number of carbonyl (C=O) groups excluding carboxylic acids is 1. The summed E-state index contributed by atoms with van der Waals surface area (Å²) in [6, 6.07) is 7.25. The molecule has 0 saturated carbocycles. The van der Waals surface area contributed by atoms with Crippen LogP contribution in [0.3, 0.4) is 0 Å². The lowest BCUT2D eigenvalue weighted by molar-refractivity contribution is -0.116. The number of aromatic nitrogens is 4. The number of fused-ring (bicyclic) bond motifs is 1. The Morgan fingerprint density at radius 3 is 2.75 bits per heavy atom. The molecule has 0 fully saturated rings. The Labute approximate surface area is 142 Å². The average molecular weight is 343 g/mol. The van der Waals surface area contributed by atoms with Gasteiger partial charge in [0.2, 0.25) is 11.0 Å². The van der Waals surface area contributed by atoms with Gasteiger partial charge in [-0.05, 0) is 19.1 Å². The van der Waals surface area contributed by atoms with Crippen molar-refractivity contribution in [2.24, 2.45) is 0 Å². The molecule has 3 aromatic rings. The van der Waals surface area contributed by atoms with Crippen LogP contribution in [0.1, 0.15) is 30.5 Å². The summed E-state index contributed by atoms with van der Waals surface area (Å²) in [6.45, 7) is 5.57. The lowest BCUT2D eigenvalue weighted by Gasteiger charge is -2.10. The highest BCUT2D eigenvalue weighted by atomic mass is 32.1. The molecule has 8 heteroatoms. The first-order valence-corrected chi connectivity index (χ1v) is 8.37. The van der Waals surface area contributed by atoms with Crippen LogP contribution in [-0.2, 0) is 11.3 Å². The van der Waals surface area contributed by atoms with E-state index in [9.17, 15) is 9.59 Å². The van der Waals surface area contributed by atoms with Crippen molar-refractivity contribution in [3.63, 3.8) is 0 Å². The average Bonchev–Trinajstić information content (AvgIpc) is 3.00. The van der Waals surface area contributed by atoms with Crippen molar-refractivity contribution in [1.29, 1.82) is 0 Å². The van der Waals surface area contributed by atoms with E-state index in [1.807, 2.05) is 32.0 Å². The number of para-hydroxylation sites is 2. The van der Waals surface area contributed by atoms with Crippen LogP contribution in [0.5, 0.6) is 0 Å². The van der Waals surface area contributed by atoms with Crippen LogP contribution in [0.25, 0.3) is 11.0 Å². The minimum atomic E-state index is -0.320. The predicted octanol–water partition coefficient (Wildman–Crippen LogP) is 2.32. The van der Waals surface area contributed by atoms with Gasteiger partial charge < -0.3 is 0 Å². The molecule has 24 heavy (non-hydrogen) atoms. The first-order valence-electron chi connectivity index (χ1n) is 7.55. The fourth-order valence-corrected chi connectivity index (χ4v) is 3.06. The molecule has 0 bridgehead atoms. The third-order valence-electron chi connectivity index (χ3n) is 3.50. The molecule has 2 heterocycles. The normalized spacial score (nSPS) is 11.2. The molecule has 0 atom stereocenters. The number of benzene rings is 1. The van der Waals surface area contributed by atoms with E-state index >= 15 is 0 Å². The van der Waals surface area contributed by atoms with Gasteiger partial charge in [0.1, 0.15) is 17.2 Å². The van der Waals surface area contributed by atoms with Gasteiger partial charge in [-0.15, -0.1) is 10.2 Å². The van der Waals surface area contributed by atoms with E-state index in [2.05, 4.69) is 20.5 Å². The fourth-order valence-electron chi connectivity index (χ4n) is 2.30. The van der Waals surface area contributed by atoms with Gasteiger partial charge in [-0.1, -0.05) is 37.3 Å². The summed E-state index contributed by atoms with van der Waals surface area (Å²) in [4.78, 5) is 28.9. The van der Waals surface area contributed by atoms with E-state index in [0.29, 0.717) is 21.9 Å². The summed E-state index contributed by atoms with van der Waals surface area (Å²) >= 11 is 1.34. The number of hydrogen-bond donors (Lipinski definition) is 1. The van der Waals surface area contributed by atoms with Crippen molar-refractivity contribution in [2.75, 3.05) is 5.32 Å². The minimum Gasteiger partial charge on any atom is -0.299 e. The zero-order chi connectivity index (χ0) is 17.3. The molecule has 0 aliphatic heterocycles. The maximum absolute atomic E-state index is 12.4. The molecule has 1 N–H and O–H groups in total. The molecule has 1 aromatic carbocycles. The summed E-state index contributed by atoms with van der Waals surface area (Å²) in [5.41, 5.74) is 1.40. The number of carbonyl (C=O) groups is 1. The Balaban J connectivity index is 1.87. The van der Waals surface area contributed by atoms with Crippen molar-refractivity contribution in [3.05, 3.63) is 45.3 Å². The van der Waals surface area contributed by atoms with Crippen LogP contribution >= 0.6 is 11.3 Å². The minimum absolute atomic E-state index is 0.0979. The van der Waals surface area contributed by atoms with Gasteiger partial charge in [0.15, 0.2) is 0 Å². The van der Waals surface area contributed by atoms with Crippen LogP contribution in [0, 0.1) is 6.92 Å².